The molecule has 4 bridgehead atoms. The van der Waals surface area contributed by atoms with Gasteiger partial charge in [0.05, 0.1) is 0 Å². The molecule has 9 rings (SSSR count). The van der Waals surface area contributed by atoms with Crippen molar-refractivity contribution in [2.45, 2.75) is 69.6 Å². The van der Waals surface area contributed by atoms with Gasteiger partial charge in [-0.2, -0.15) is 0 Å². The van der Waals surface area contributed by atoms with Gasteiger partial charge >= 0.3 is 222 Å². The molecule has 216 valence electrons. The monoisotopic (exact) mass is 673 g/mol. The van der Waals surface area contributed by atoms with E-state index < -0.39 is 28.4 Å². The van der Waals surface area contributed by atoms with Crippen molar-refractivity contribution in [2.75, 3.05) is 54.7 Å². The maximum atomic E-state index is 14.1. The Labute approximate surface area is 243 Å². The van der Waals surface area contributed by atoms with E-state index in [0.717, 1.165) is 77.4 Å². The zero-order chi connectivity index (χ0) is 27.6. The van der Waals surface area contributed by atoms with Crippen molar-refractivity contribution in [1.29, 1.82) is 0 Å². The number of amides is 1. The van der Waals surface area contributed by atoms with Gasteiger partial charge in [-0.25, -0.2) is 0 Å². The third-order valence-electron chi connectivity index (χ3n) is 11.7. The van der Waals surface area contributed by atoms with Crippen molar-refractivity contribution in [3.05, 3.63) is 35.9 Å². The van der Waals surface area contributed by atoms with E-state index in [1.54, 1.807) is 0 Å². The van der Waals surface area contributed by atoms with Crippen LogP contribution in [0.4, 0.5) is 5.69 Å². The molecule has 6 saturated heterocycles. The molecule has 0 radical (unpaired) electrons. The summed E-state index contributed by atoms with van der Waals surface area (Å²) in [6.45, 7) is 8.08. The van der Waals surface area contributed by atoms with Crippen LogP contribution in [0.5, 0.6) is 0 Å². The molecule has 7 nitrogen and oxygen atoms in total. The van der Waals surface area contributed by atoms with Gasteiger partial charge in [0, 0.05) is 6.42 Å². The molecule has 2 aromatic carbocycles. The zero-order valence-electron chi connectivity index (χ0n) is 23.9. The topological polar surface area (TPSA) is 83.7 Å². The average Bonchev–Trinajstić information content (AvgIpc) is 3.12. The number of carbonyl (C=O) groups excluding carboxylic acids is 1. The molecule has 7 aliphatic heterocycles. The second-order valence-electron chi connectivity index (χ2n) is 14.0. The number of rotatable bonds is 7. The normalized spacial score (nSPS) is 34.5. The number of primary amides is 1. The van der Waals surface area contributed by atoms with E-state index in [-0.39, 0.29) is 11.3 Å². The summed E-state index contributed by atoms with van der Waals surface area (Å²) in [5.74, 6) is -0.154. The summed E-state index contributed by atoms with van der Waals surface area (Å²) in [5, 5.41) is 2.11. The van der Waals surface area contributed by atoms with E-state index in [0.29, 0.717) is 11.3 Å². The standard InChI is InChI=1S/C22H26N3O3S.C9H18N.Sn/c1-24-18-4-2-3-17-16(5-6-19(21(17)18)29(24,27)28)7-11-25-12-8-22(9-13-25,10-14-25)15-20(23)26;1-4-7-10(8-5-2)9-6-3;/h2-6H,1,7-15H2,(H-,23,26);1-9H2;/p+1. The number of nitrogens with zero attached hydrogens (tertiary/aromatic N) is 3. The number of carbonyl (C=O) groups is 1. The van der Waals surface area contributed by atoms with Crippen LogP contribution < -0.4 is 10.0 Å². The van der Waals surface area contributed by atoms with Gasteiger partial charge < -0.3 is 5.73 Å². The maximum absolute atomic E-state index is 14.1. The fourth-order valence-corrected chi connectivity index (χ4v) is 27.5. The summed E-state index contributed by atoms with van der Waals surface area (Å²) in [5.41, 5.74) is 7.95. The van der Waals surface area contributed by atoms with Crippen molar-refractivity contribution in [2.24, 2.45) is 11.1 Å². The number of quaternary nitrogens is 1. The van der Waals surface area contributed by atoms with E-state index in [2.05, 4.69) is 29.2 Å². The molecule has 0 unspecified atom stereocenters. The summed E-state index contributed by atoms with van der Waals surface area (Å²) in [6, 6.07) is 10.3. The number of sulfonamides is 1. The SMILES string of the molecule is NC(=O)CC12CC[N+](CCc3ccc4c5c(cccc35)N([CH2][Sn]35[CH2]CCN(CC[CH2]3)CC[CH2]5)S4(=O)=O)(CC1)CC2. The molecule has 2 aromatic rings. The molecular weight excluding hydrogens is 627 g/mol. The Bertz CT molecular complexity index is 1390. The Hall–Kier alpha value is -1.36. The summed E-state index contributed by atoms with van der Waals surface area (Å²) in [6.07, 6.45) is 8.56. The Morgan fingerprint density at radius 2 is 1.60 bits per heavy atom. The molecule has 1 amide bonds. The minimum absolute atomic E-state index is 0.141. The van der Waals surface area contributed by atoms with Crippen LogP contribution in [0, 0.1) is 5.41 Å². The predicted octanol–water partition coefficient (Wildman–Crippen LogP) is 4.25. The second-order valence-corrected chi connectivity index (χ2v) is 29.5. The molecule has 40 heavy (non-hydrogen) atoms. The summed E-state index contributed by atoms with van der Waals surface area (Å²) < 4.78 is 36.0. The number of hydrogen-bond donors (Lipinski definition) is 1. The summed E-state index contributed by atoms with van der Waals surface area (Å²) in [4.78, 5) is 14.8. The fraction of sp³-hybridized carbons (Fsp3) is 0.645. The Morgan fingerprint density at radius 3 is 2.23 bits per heavy atom. The van der Waals surface area contributed by atoms with Gasteiger partial charge in [0.15, 0.2) is 0 Å². The fourth-order valence-electron chi connectivity index (χ4n) is 9.22. The average molecular weight is 673 g/mol. The van der Waals surface area contributed by atoms with Crippen LogP contribution in [0.2, 0.25) is 13.3 Å². The van der Waals surface area contributed by atoms with Gasteiger partial charge in [-0.1, -0.05) is 0 Å². The first-order valence-corrected chi connectivity index (χ1v) is 25.2. The summed E-state index contributed by atoms with van der Waals surface area (Å²) >= 11 is -2.65. The van der Waals surface area contributed by atoms with Crippen LogP contribution in [-0.2, 0) is 21.2 Å². The van der Waals surface area contributed by atoms with Crippen molar-refractivity contribution in [1.82, 2.24) is 4.90 Å². The molecule has 7 heterocycles. The van der Waals surface area contributed by atoms with Crippen LogP contribution >= 0.6 is 0 Å². The van der Waals surface area contributed by atoms with Crippen LogP contribution in [0.3, 0.4) is 0 Å². The molecule has 6 fully saturated rings. The third kappa shape index (κ3) is 4.69. The molecule has 0 atom stereocenters. The van der Waals surface area contributed by atoms with E-state index in [1.807, 2.05) is 10.4 Å². The number of piperidine rings is 3. The Balaban J connectivity index is 1.15. The van der Waals surface area contributed by atoms with E-state index >= 15 is 0 Å². The van der Waals surface area contributed by atoms with Gasteiger partial charge in [-0.05, 0) is 0 Å². The minimum atomic E-state index is -3.51. The molecular formula is C31H45N4O3SSn+. The number of hydrogen-bond acceptors (Lipinski definition) is 4. The molecule has 0 aliphatic carbocycles. The van der Waals surface area contributed by atoms with Gasteiger partial charge in [0.1, 0.15) is 0 Å². The van der Waals surface area contributed by atoms with Gasteiger partial charge in [0.25, 0.3) is 0 Å². The van der Waals surface area contributed by atoms with Gasteiger partial charge in [-0.15, -0.1) is 0 Å². The van der Waals surface area contributed by atoms with Crippen molar-refractivity contribution >= 4 is 50.8 Å². The molecule has 0 saturated carbocycles. The quantitative estimate of drug-likeness (QED) is 0.353. The Morgan fingerprint density at radius 1 is 0.950 bits per heavy atom. The zero-order valence-corrected chi connectivity index (χ0v) is 27.5. The molecule has 0 aromatic heterocycles. The summed E-state index contributed by atoms with van der Waals surface area (Å²) in [7, 11) is -3.51. The number of anilines is 1. The van der Waals surface area contributed by atoms with Crippen molar-refractivity contribution in [3.63, 3.8) is 0 Å². The number of benzene rings is 2. The molecule has 2 N–H and O–H groups in total. The van der Waals surface area contributed by atoms with Crippen LogP contribution in [0.15, 0.2) is 35.2 Å². The second kappa shape index (κ2) is 10.1. The van der Waals surface area contributed by atoms with Gasteiger partial charge in [0.2, 0.25) is 5.91 Å². The predicted molar refractivity (Wildman–Crippen MR) is 162 cm³/mol. The first-order chi connectivity index (χ1) is 19.2. The van der Waals surface area contributed by atoms with E-state index in [9.17, 15) is 13.2 Å². The first kappa shape index (κ1) is 27.5. The van der Waals surface area contributed by atoms with Crippen molar-refractivity contribution < 1.29 is 17.7 Å². The first-order valence-electron chi connectivity index (χ1n) is 15.7. The van der Waals surface area contributed by atoms with Crippen LogP contribution in [-0.4, -0.2) is 92.5 Å². The third-order valence-corrected chi connectivity index (χ3v) is 29.1. The van der Waals surface area contributed by atoms with Crippen LogP contribution in [0.25, 0.3) is 10.8 Å². The van der Waals surface area contributed by atoms with Gasteiger partial charge in [-0.3, -0.25) is 4.79 Å². The van der Waals surface area contributed by atoms with Crippen molar-refractivity contribution in [3.8, 4) is 0 Å². The van der Waals surface area contributed by atoms with E-state index in [4.69, 9.17) is 5.73 Å². The Kier molecular flexibility index (Phi) is 6.95. The molecule has 0 spiro atoms. The molecule has 7 aliphatic rings. The molecule has 9 heteroatoms. The number of nitrogens with two attached hydrogens (primary N) is 1. The van der Waals surface area contributed by atoms with Crippen LogP contribution in [0.1, 0.15) is 50.5 Å². The van der Waals surface area contributed by atoms with E-state index in [1.165, 1.54) is 57.8 Å². The number of fused-ring (bicyclic) bond motifs is 9.